The van der Waals surface area contributed by atoms with Crippen LogP contribution in [0.5, 0.6) is 11.5 Å². The standard InChI is InChI=1S/C11H17NO3/c1-3-15-10-6-4-5-8(9(12)7-13)11(10)14-2/h4-6,9,13H,3,7,12H2,1-2H3/t9-/m0/s1. The highest BCUT2D eigenvalue weighted by molar-refractivity contribution is 5.48. The average Bonchev–Trinajstić information content (AvgIpc) is 2.28. The summed E-state index contributed by atoms with van der Waals surface area (Å²) in [5, 5.41) is 9.01. The number of hydrogen-bond acceptors (Lipinski definition) is 4. The number of methoxy groups -OCH3 is 1. The molecule has 1 aromatic rings. The van der Waals surface area contributed by atoms with Crippen molar-refractivity contribution in [2.24, 2.45) is 5.73 Å². The van der Waals surface area contributed by atoms with Crippen molar-refractivity contribution in [1.82, 2.24) is 0 Å². The summed E-state index contributed by atoms with van der Waals surface area (Å²) in [6, 6.07) is 5.02. The summed E-state index contributed by atoms with van der Waals surface area (Å²) in [5.74, 6) is 1.25. The molecule has 84 valence electrons. The van der Waals surface area contributed by atoms with E-state index in [1.54, 1.807) is 7.11 Å². The van der Waals surface area contributed by atoms with Gasteiger partial charge in [-0.25, -0.2) is 0 Å². The van der Waals surface area contributed by atoms with Crippen LogP contribution in [0, 0.1) is 0 Å². The van der Waals surface area contributed by atoms with Crippen molar-refractivity contribution in [1.29, 1.82) is 0 Å². The molecular weight excluding hydrogens is 194 g/mol. The zero-order valence-corrected chi connectivity index (χ0v) is 9.06. The molecule has 3 N–H and O–H groups in total. The first-order valence-corrected chi connectivity index (χ1v) is 4.90. The molecule has 0 bridgehead atoms. The minimum atomic E-state index is -0.444. The summed E-state index contributed by atoms with van der Waals surface area (Å²) in [7, 11) is 1.56. The third-order valence-corrected chi connectivity index (χ3v) is 2.11. The van der Waals surface area contributed by atoms with Crippen LogP contribution in [0.25, 0.3) is 0 Å². The lowest BCUT2D eigenvalue weighted by Gasteiger charge is -2.16. The first-order valence-electron chi connectivity index (χ1n) is 4.90. The van der Waals surface area contributed by atoms with Gasteiger partial charge in [0.2, 0.25) is 0 Å². The molecule has 0 aliphatic rings. The summed E-state index contributed by atoms with van der Waals surface area (Å²) >= 11 is 0. The van der Waals surface area contributed by atoms with Crippen molar-refractivity contribution in [3.05, 3.63) is 23.8 Å². The van der Waals surface area contributed by atoms with E-state index in [4.69, 9.17) is 20.3 Å². The molecule has 0 heterocycles. The summed E-state index contributed by atoms with van der Waals surface area (Å²) in [6.07, 6.45) is 0. The quantitative estimate of drug-likeness (QED) is 0.765. The van der Waals surface area contributed by atoms with Gasteiger partial charge in [-0.2, -0.15) is 0 Å². The van der Waals surface area contributed by atoms with E-state index in [9.17, 15) is 0 Å². The minimum absolute atomic E-state index is 0.119. The molecule has 0 aliphatic carbocycles. The number of para-hydroxylation sites is 1. The van der Waals surface area contributed by atoms with E-state index < -0.39 is 6.04 Å². The zero-order valence-electron chi connectivity index (χ0n) is 9.06. The van der Waals surface area contributed by atoms with E-state index in [-0.39, 0.29) is 6.61 Å². The van der Waals surface area contributed by atoms with Crippen molar-refractivity contribution >= 4 is 0 Å². The van der Waals surface area contributed by atoms with Crippen LogP contribution in [0.2, 0.25) is 0 Å². The van der Waals surface area contributed by atoms with Crippen LogP contribution in [0.15, 0.2) is 18.2 Å². The van der Waals surface area contributed by atoms with Crippen LogP contribution in [0.1, 0.15) is 18.5 Å². The van der Waals surface area contributed by atoms with Crippen molar-refractivity contribution in [2.45, 2.75) is 13.0 Å². The number of benzene rings is 1. The van der Waals surface area contributed by atoms with E-state index >= 15 is 0 Å². The topological polar surface area (TPSA) is 64.7 Å². The molecule has 0 aliphatic heterocycles. The smallest absolute Gasteiger partial charge is 0.165 e. The number of rotatable bonds is 5. The number of aliphatic hydroxyl groups is 1. The molecule has 0 spiro atoms. The Balaban J connectivity index is 3.09. The number of ether oxygens (including phenoxy) is 2. The summed E-state index contributed by atoms with van der Waals surface area (Å²) in [5.41, 5.74) is 6.51. The average molecular weight is 211 g/mol. The highest BCUT2D eigenvalue weighted by atomic mass is 16.5. The van der Waals surface area contributed by atoms with Gasteiger partial charge in [-0.1, -0.05) is 12.1 Å². The van der Waals surface area contributed by atoms with Crippen LogP contribution < -0.4 is 15.2 Å². The molecule has 0 aromatic heterocycles. The Morgan fingerprint density at radius 3 is 2.73 bits per heavy atom. The lowest BCUT2D eigenvalue weighted by molar-refractivity contribution is 0.261. The molecule has 0 saturated carbocycles. The van der Waals surface area contributed by atoms with E-state index in [1.165, 1.54) is 0 Å². The molecule has 0 radical (unpaired) electrons. The van der Waals surface area contributed by atoms with Crippen molar-refractivity contribution < 1.29 is 14.6 Å². The second-order valence-corrected chi connectivity index (χ2v) is 3.10. The Hall–Kier alpha value is -1.26. The summed E-state index contributed by atoms with van der Waals surface area (Å²) in [6.45, 7) is 2.35. The molecule has 0 unspecified atom stereocenters. The van der Waals surface area contributed by atoms with E-state index in [1.807, 2.05) is 25.1 Å². The van der Waals surface area contributed by atoms with Crippen LogP contribution in [-0.2, 0) is 0 Å². The Labute approximate surface area is 89.6 Å². The molecule has 0 fully saturated rings. The normalized spacial score (nSPS) is 12.3. The van der Waals surface area contributed by atoms with E-state index in [2.05, 4.69) is 0 Å². The predicted molar refractivity (Wildman–Crippen MR) is 58.2 cm³/mol. The Morgan fingerprint density at radius 1 is 1.47 bits per heavy atom. The van der Waals surface area contributed by atoms with Gasteiger partial charge in [-0.3, -0.25) is 0 Å². The van der Waals surface area contributed by atoms with Gasteiger partial charge in [0.25, 0.3) is 0 Å². The first kappa shape index (κ1) is 11.8. The highest BCUT2D eigenvalue weighted by Crippen LogP contribution is 2.33. The highest BCUT2D eigenvalue weighted by Gasteiger charge is 2.14. The molecule has 0 amide bonds. The fourth-order valence-corrected chi connectivity index (χ4v) is 1.41. The molecule has 4 nitrogen and oxygen atoms in total. The van der Waals surface area contributed by atoms with Crippen LogP contribution in [0.4, 0.5) is 0 Å². The largest absolute Gasteiger partial charge is 0.493 e. The molecular formula is C11H17NO3. The molecule has 1 atom stereocenters. The van der Waals surface area contributed by atoms with Gasteiger partial charge >= 0.3 is 0 Å². The molecule has 1 rings (SSSR count). The van der Waals surface area contributed by atoms with E-state index in [0.717, 1.165) is 5.56 Å². The van der Waals surface area contributed by atoms with Gasteiger partial charge < -0.3 is 20.3 Å². The van der Waals surface area contributed by atoms with Gasteiger partial charge in [0.15, 0.2) is 11.5 Å². The third-order valence-electron chi connectivity index (χ3n) is 2.11. The van der Waals surface area contributed by atoms with Crippen molar-refractivity contribution in [3.63, 3.8) is 0 Å². The summed E-state index contributed by atoms with van der Waals surface area (Å²) < 4.78 is 10.6. The first-order chi connectivity index (χ1) is 7.24. The van der Waals surface area contributed by atoms with Gasteiger partial charge in [-0.15, -0.1) is 0 Å². The molecule has 15 heavy (non-hydrogen) atoms. The number of aliphatic hydroxyl groups excluding tert-OH is 1. The second kappa shape index (κ2) is 5.58. The maximum atomic E-state index is 9.01. The fourth-order valence-electron chi connectivity index (χ4n) is 1.41. The van der Waals surface area contributed by atoms with Crippen LogP contribution in [0.3, 0.4) is 0 Å². The fraction of sp³-hybridized carbons (Fsp3) is 0.455. The van der Waals surface area contributed by atoms with Crippen LogP contribution in [-0.4, -0.2) is 25.4 Å². The zero-order chi connectivity index (χ0) is 11.3. The molecule has 4 heteroatoms. The van der Waals surface area contributed by atoms with Gasteiger partial charge in [0.1, 0.15) is 0 Å². The summed E-state index contributed by atoms with van der Waals surface area (Å²) in [4.78, 5) is 0. The predicted octanol–water partition coefficient (Wildman–Crippen LogP) is 1.09. The van der Waals surface area contributed by atoms with Crippen LogP contribution >= 0.6 is 0 Å². The van der Waals surface area contributed by atoms with Gasteiger partial charge in [-0.05, 0) is 13.0 Å². The maximum absolute atomic E-state index is 9.01. The lowest BCUT2D eigenvalue weighted by atomic mass is 10.1. The monoisotopic (exact) mass is 211 g/mol. The third kappa shape index (κ3) is 2.61. The second-order valence-electron chi connectivity index (χ2n) is 3.10. The Kier molecular flexibility index (Phi) is 4.39. The van der Waals surface area contributed by atoms with Gasteiger partial charge in [0, 0.05) is 5.56 Å². The molecule has 0 saturated heterocycles. The number of nitrogens with two attached hydrogens (primary N) is 1. The number of hydrogen-bond donors (Lipinski definition) is 2. The van der Waals surface area contributed by atoms with E-state index in [0.29, 0.717) is 18.1 Å². The molecule has 1 aromatic carbocycles. The van der Waals surface area contributed by atoms with Crippen molar-refractivity contribution in [3.8, 4) is 11.5 Å². The Bertz CT molecular complexity index is 315. The van der Waals surface area contributed by atoms with Gasteiger partial charge in [0.05, 0.1) is 26.4 Å². The maximum Gasteiger partial charge on any atom is 0.165 e. The van der Waals surface area contributed by atoms with Crippen molar-refractivity contribution in [2.75, 3.05) is 20.3 Å². The Morgan fingerprint density at radius 2 is 2.20 bits per heavy atom. The minimum Gasteiger partial charge on any atom is -0.493 e. The SMILES string of the molecule is CCOc1cccc([C@@H](N)CO)c1OC. The lowest BCUT2D eigenvalue weighted by Crippen LogP contribution is -2.15.